The molecule has 104 valence electrons. The zero-order valence-electron chi connectivity index (χ0n) is 11.2. The minimum Gasteiger partial charge on any atom is -0.389 e. The van der Waals surface area contributed by atoms with E-state index in [0.29, 0.717) is 19.5 Å². The van der Waals surface area contributed by atoms with Crippen molar-refractivity contribution in [3.05, 3.63) is 40.9 Å². The van der Waals surface area contributed by atoms with Crippen LogP contribution < -0.4 is 0 Å². The normalized spacial score (nSPS) is 15.2. The number of β-amino-alcohol motifs (C(OH)–C–C–N with tert-alkyl or cyclic N) is 1. The molecule has 0 spiro atoms. The van der Waals surface area contributed by atoms with E-state index in [2.05, 4.69) is 24.0 Å². The monoisotopic (exact) mass is 288 g/mol. The molecule has 0 saturated carbocycles. The standard InChI is InChI=1S/C15H16N2O2S/c1-10-3-2-4-11(5-10)15-16-12(9-20-15)6-14(19)17-7-13(18)8-17/h2-5,9,13,18H,6-8H2,1H3. The summed E-state index contributed by atoms with van der Waals surface area (Å²) in [5.41, 5.74) is 3.09. The number of aryl methyl sites for hydroxylation is 1. The number of nitrogens with zero attached hydrogens (tertiary/aromatic N) is 2. The first-order chi connectivity index (χ1) is 9.61. The summed E-state index contributed by atoms with van der Waals surface area (Å²) in [6.07, 6.45) is -0.0353. The molecule has 5 heteroatoms. The predicted molar refractivity (Wildman–Crippen MR) is 78.6 cm³/mol. The number of aliphatic hydroxyl groups is 1. The first kappa shape index (κ1) is 13.3. The molecule has 1 fully saturated rings. The van der Waals surface area contributed by atoms with E-state index >= 15 is 0 Å². The second kappa shape index (κ2) is 5.34. The van der Waals surface area contributed by atoms with Crippen molar-refractivity contribution < 1.29 is 9.90 Å². The summed E-state index contributed by atoms with van der Waals surface area (Å²) in [4.78, 5) is 18.1. The van der Waals surface area contributed by atoms with Gasteiger partial charge in [-0.2, -0.15) is 0 Å². The maximum atomic E-state index is 11.9. The van der Waals surface area contributed by atoms with Crippen LogP contribution in [0.3, 0.4) is 0 Å². The van der Waals surface area contributed by atoms with Gasteiger partial charge in [0.25, 0.3) is 0 Å². The highest BCUT2D eigenvalue weighted by Crippen LogP contribution is 2.25. The molecule has 1 aromatic carbocycles. The van der Waals surface area contributed by atoms with E-state index in [-0.39, 0.29) is 12.0 Å². The van der Waals surface area contributed by atoms with Crippen molar-refractivity contribution in [3.63, 3.8) is 0 Å². The highest BCUT2D eigenvalue weighted by molar-refractivity contribution is 7.13. The van der Waals surface area contributed by atoms with Crippen molar-refractivity contribution in [2.45, 2.75) is 19.4 Å². The molecule has 3 rings (SSSR count). The van der Waals surface area contributed by atoms with Gasteiger partial charge in [-0.05, 0) is 13.0 Å². The molecule has 0 aliphatic carbocycles. The minimum atomic E-state index is -0.350. The Morgan fingerprint density at radius 1 is 1.50 bits per heavy atom. The number of aliphatic hydroxyl groups excluding tert-OH is 1. The Kier molecular flexibility index (Phi) is 3.54. The van der Waals surface area contributed by atoms with Crippen LogP contribution in [-0.2, 0) is 11.2 Å². The van der Waals surface area contributed by atoms with Crippen LogP contribution in [0.15, 0.2) is 29.6 Å². The highest BCUT2D eigenvalue weighted by atomic mass is 32.1. The Morgan fingerprint density at radius 2 is 2.30 bits per heavy atom. The molecular weight excluding hydrogens is 272 g/mol. The third-order valence-corrected chi connectivity index (χ3v) is 4.30. The maximum Gasteiger partial charge on any atom is 0.228 e. The minimum absolute atomic E-state index is 0.0383. The summed E-state index contributed by atoms with van der Waals surface area (Å²) in [6, 6.07) is 8.19. The molecule has 0 bridgehead atoms. The predicted octanol–water partition coefficient (Wildman–Crippen LogP) is 1.86. The molecule has 1 N–H and O–H groups in total. The van der Waals surface area contributed by atoms with E-state index in [9.17, 15) is 9.90 Å². The topological polar surface area (TPSA) is 53.4 Å². The van der Waals surface area contributed by atoms with Crippen LogP contribution in [0.25, 0.3) is 10.6 Å². The number of rotatable bonds is 3. The zero-order valence-corrected chi connectivity index (χ0v) is 12.1. The van der Waals surface area contributed by atoms with Gasteiger partial charge in [-0.3, -0.25) is 4.79 Å². The van der Waals surface area contributed by atoms with Crippen LogP contribution in [-0.4, -0.2) is 40.1 Å². The average molecular weight is 288 g/mol. The largest absolute Gasteiger partial charge is 0.389 e. The van der Waals surface area contributed by atoms with Gasteiger partial charge in [0, 0.05) is 24.0 Å². The molecule has 2 aromatic rings. The van der Waals surface area contributed by atoms with E-state index in [4.69, 9.17) is 0 Å². The second-order valence-electron chi connectivity index (χ2n) is 5.14. The smallest absolute Gasteiger partial charge is 0.228 e. The van der Waals surface area contributed by atoms with Crippen LogP contribution >= 0.6 is 11.3 Å². The van der Waals surface area contributed by atoms with Gasteiger partial charge >= 0.3 is 0 Å². The van der Waals surface area contributed by atoms with Gasteiger partial charge in [0.05, 0.1) is 18.2 Å². The number of benzene rings is 1. The first-order valence-electron chi connectivity index (χ1n) is 6.59. The van der Waals surface area contributed by atoms with Gasteiger partial charge in [0.1, 0.15) is 5.01 Å². The van der Waals surface area contributed by atoms with E-state index in [1.165, 1.54) is 5.56 Å². The van der Waals surface area contributed by atoms with E-state index in [0.717, 1.165) is 16.3 Å². The molecule has 0 radical (unpaired) electrons. The lowest BCUT2D eigenvalue weighted by Crippen LogP contribution is -2.53. The van der Waals surface area contributed by atoms with Crippen LogP contribution in [0.2, 0.25) is 0 Å². The lowest BCUT2D eigenvalue weighted by Gasteiger charge is -2.35. The van der Waals surface area contributed by atoms with Crippen LogP contribution in [0.4, 0.5) is 0 Å². The molecule has 1 aliphatic heterocycles. The Labute approximate surface area is 121 Å². The summed E-state index contributed by atoms with van der Waals surface area (Å²) in [7, 11) is 0. The summed E-state index contributed by atoms with van der Waals surface area (Å²) >= 11 is 1.56. The zero-order chi connectivity index (χ0) is 14.1. The van der Waals surface area contributed by atoms with Gasteiger partial charge in [-0.1, -0.05) is 23.8 Å². The van der Waals surface area contributed by atoms with Crippen molar-refractivity contribution in [1.82, 2.24) is 9.88 Å². The highest BCUT2D eigenvalue weighted by Gasteiger charge is 2.28. The van der Waals surface area contributed by atoms with Crippen molar-refractivity contribution >= 4 is 17.2 Å². The second-order valence-corrected chi connectivity index (χ2v) is 6.00. The number of carbonyl (C=O) groups excluding carboxylic acids is 1. The average Bonchev–Trinajstić information content (AvgIpc) is 2.83. The van der Waals surface area contributed by atoms with E-state index < -0.39 is 0 Å². The molecule has 4 nitrogen and oxygen atoms in total. The summed E-state index contributed by atoms with van der Waals surface area (Å²) in [5.74, 6) is 0.0383. The van der Waals surface area contributed by atoms with Crippen molar-refractivity contribution in [3.8, 4) is 10.6 Å². The molecule has 2 heterocycles. The number of hydrogen-bond acceptors (Lipinski definition) is 4. The van der Waals surface area contributed by atoms with Gasteiger partial charge in [-0.25, -0.2) is 4.98 Å². The van der Waals surface area contributed by atoms with Gasteiger partial charge in [0.15, 0.2) is 0 Å². The molecule has 0 atom stereocenters. The third kappa shape index (κ3) is 2.73. The third-order valence-electron chi connectivity index (χ3n) is 3.36. The SMILES string of the molecule is Cc1cccc(-c2nc(CC(=O)N3CC(O)C3)cs2)c1. The van der Waals surface area contributed by atoms with Gasteiger partial charge in [-0.15, -0.1) is 11.3 Å². The van der Waals surface area contributed by atoms with Crippen molar-refractivity contribution in [2.75, 3.05) is 13.1 Å². The number of amides is 1. The van der Waals surface area contributed by atoms with Crippen LogP contribution in [0, 0.1) is 6.92 Å². The van der Waals surface area contributed by atoms with Gasteiger partial charge < -0.3 is 10.0 Å². The number of thiazole rings is 1. The van der Waals surface area contributed by atoms with Crippen LogP contribution in [0.5, 0.6) is 0 Å². The Bertz CT molecular complexity index is 632. The van der Waals surface area contributed by atoms with E-state index in [1.54, 1.807) is 16.2 Å². The summed E-state index contributed by atoms with van der Waals surface area (Å²) in [5, 5.41) is 12.1. The fourth-order valence-electron chi connectivity index (χ4n) is 2.22. The number of hydrogen-bond donors (Lipinski definition) is 1. The quantitative estimate of drug-likeness (QED) is 0.938. The molecule has 20 heavy (non-hydrogen) atoms. The Hall–Kier alpha value is -1.72. The fraction of sp³-hybridized carbons (Fsp3) is 0.333. The van der Waals surface area contributed by atoms with E-state index in [1.807, 2.05) is 17.5 Å². The fourth-order valence-corrected chi connectivity index (χ4v) is 3.04. The van der Waals surface area contributed by atoms with Gasteiger partial charge in [0.2, 0.25) is 5.91 Å². The summed E-state index contributed by atoms with van der Waals surface area (Å²) < 4.78 is 0. The lowest BCUT2D eigenvalue weighted by atomic mass is 10.1. The number of aromatic nitrogens is 1. The molecule has 1 amide bonds. The molecule has 0 unspecified atom stereocenters. The molecular formula is C15H16N2O2S. The number of likely N-dealkylation sites (tertiary alicyclic amines) is 1. The molecule has 1 aliphatic rings. The lowest BCUT2D eigenvalue weighted by molar-refractivity contribution is -0.140. The van der Waals surface area contributed by atoms with Crippen molar-refractivity contribution in [2.24, 2.45) is 0 Å². The Balaban J connectivity index is 1.69. The number of carbonyl (C=O) groups is 1. The van der Waals surface area contributed by atoms with Crippen molar-refractivity contribution in [1.29, 1.82) is 0 Å². The summed E-state index contributed by atoms with van der Waals surface area (Å²) in [6.45, 7) is 2.96. The van der Waals surface area contributed by atoms with Crippen LogP contribution in [0.1, 0.15) is 11.3 Å². The molecule has 1 aromatic heterocycles. The molecule has 1 saturated heterocycles. The maximum absolute atomic E-state index is 11.9. The first-order valence-corrected chi connectivity index (χ1v) is 7.47. The Morgan fingerprint density at radius 3 is 3.00 bits per heavy atom.